The molecular formula is C12H18N2O. The number of nitrogens with two attached hydrogens (primary N) is 1. The Morgan fingerprint density at radius 1 is 1.53 bits per heavy atom. The molecule has 0 amide bonds. The quantitative estimate of drug-likeness (QED) is 0.755. The molecule has 15 heavy (non-hydrogen) atoms. The molecule has 0 radical (unpaired) electrons. The van der Waals surface area contributed by atoms with Gasteiger partial charge in [0, 0.05) is 25.3 Å². The number of hydrogen-bond donors (Lipinski definition) is 2. The highest BCUT2D eigenvalue weighted by Gasteiger charge is 2.34. The Morgan fingerprint density at radius 3 is 2.93 bits per heavy atom. The van der Waals surface area contributed by atoms with Gasteiger partial charge in [0.05, 0.1) is 5.60 Å². The molecule has 1 aromatic carbocycles. The molecule has 0 saturated carbocycles. The molecule has 1 aromatic rings. The molecule has 1 aliphatic heterocycles. The Balaban J connectivity index is 2.14. The van der Waals surface area contributed by atoms with Crippen LogP contribution in [0.2, 0.25) is 0 Å². The molecule has 0 aliphatic carbocycles. The van der Waals surface area contributed by atoms with E-state index in [0.29, 0.717) is 13.1 Å². The minimum Gasteiger partial charge on any atom is -0.387 e. The van der Waals surface area contributed by atoms with Crippen molar-refractivity contribution in [3.05, 3.63) is 29.8 Å². The topological polar surface area (TPSA) is 49.5 Å². The van der Waals surface area contributed by atoms with Crippen molar-refractivity contribution in [2.24, 2.45) is 5.73 Å². The molecule has 1 saturated heterocycles. The third-order valence-corrected chi connectivity index (χ3v) is 3.08. The number of hydrogen-bond acceptors (Lipinski definition) is 3. The minimum atomic E-state index is -0.691. The van der Waals surface area contributed by atoms with Crippen molar-refractivity contribution in [2.45, 2.75) is 18.9 Å². The molecule has 1 atom stereocenters. The molecule has 3 N–H and O–H groups in total. The van der Waals surface area contributed by atoms with E-state index in [4.69, 9.17) is 5.73 Å². The number of anilines is 1. The maximum absolute atomic E-state index is 10.0. The molecule has 3 heteroatoms. The lowest BCUT2D eigenvalue weighted by Crippen LogP contribution is -2.40. The second-order valence-corrected chi connectivity index (χ2v) is 4.44. The first-order chi connectivity index (χ1) is 7.13. The van der Waals surface area contributed by atoms with Crippen molar-refractivity contribution < 1.29 is 5.11 Å². The average molecular weight is 206 g/mol. The number of β-amino-alcohol motifs (C(OH)–C–C–N with tert-alkyl or cyclic N) is 1. The lowest BCUT2D eigenvalue weighted by molar-refractivity contribution is 0.0726. The van der Waals surface area contributed by atoms with Crippen molar-refractivity contribution in [2.75, 3.05) is 24.5 Å². The average Bonchev–Trinajstić information content (AvgIpc) is 2.62. The van der Waals surface area contributed by atoms with Gasteiger partial charge >= 0.3 is 0 Å². The van der Waals surface area contributed by atoms with Gasteiger partial charge in [-0.1, -0.05) is 12.1 Å². The zero-order valence-corrected chi connectivity index (χ0v) is 9.11. The Bertz CT molecular complexity index is 353. The van der Waals surface area contributed by atoms with Gasteiger partial charge in [0.15, 0.2) is 0 Å². The van der Waals surface area contributed by atoms with Gasteiger partial charge in [-0.2, -0.15) is 0 Å². The monoisotopic (exact) mass is 206 g/mol. The van der Waals surface area contributed by atoms with E-state index in [0.717, 1.165) is 13.0 Å². The van der Waals surface area contributed by atoms with Crippen LogP contribution in [0, 0.1) is 6.92 Å². The van der Waals surface area contributed by atoms with Crippen LogP contribution in [-0.2, 0) is 0 Å². The summed E-state index contributed by atoms with van der Waals surface area (Å²) in [5.41, 5.74) is 7.30. The Kier molecular flexibility index (Phi) is 2.67. The predicted octanol–water partition coefficient (Wildman–Crippen LogP) is 0.895. The molecule has 1 aliphatic rings. The smallest absolute Gasteiger partial charge is 0.0959 e. The fourth-order valence-electron chi connectivity index (χ4n) is 2.07. The van der Waals surface area contributed by atoms with E-state index >= 15 is 0 Å². The second kappa shape index (κ2) is 3.83. The molecule has 0 bridgehead atoms. The zero-order chi connectivity index (χ0) is 10.9. The van der Waals surface area contributed by atoms with E-state index in [1.807, 2.05) is 6.07 Å². The number of rotatable bonds is 2. The van der Waals surface area contributed by atoms with Crippen LogP contribution >= 0.6 is 0 Å². The van der Waals surface area contributed by atoms with E-state index in [1.54, 1.807) is 0 Å². The summed E-state index contributed by atoms with van der Waals surface area (Å²) in [6.45, 7) is 3.95. The van der Waals surface area contributed by atoms with Crippen LogP contribution in [0.3, 0.4) is 0 Å². The van der Waals surface area contributed by atoms with Gasteiger partial charge in [0.25, 0.3) is 0 Å². The summed E-state index contributed by atoms with van der Waals surface area (Å²) in [4.78, 5) is 2.19. The first-order valence-corrected chi connectivity index (χ1v) is 5.37. The van der Waals surface area contributed by atoms with Gasteiger partial charge in [-0.25, -0.2) is 0 Å². The van der Waals surface area contributed by atoms with Gasteiger partial charge < -0.3 is 15.7 Å². The SMILES string of the molecule is Cc1cccc(N2CCC(O)(CN)C2)c1. The van der Waals surface area contributed by atoms with Crippen LogP contribution in [0.1, 0.15) is 12.0 Å². The van der Waals surface area contributed by atoms with E-state index in [2.05, 4.69) is 30.0 Å². The van der Waals surface area contributed by atoms with Crippen LogP contribution in [0.5, 0.6) is 0 Å². The highest BCUT2D eigenvalue weighted by molar-refractivity contribution is 5.49. The molecule has 1 fully saturated rings. The maximum Gasteiger partial charge on any atom is 0.0959 e. The Labute approximate surface area is 90.5 Å². The highest BCUT2D eigenvalue weighted by Crippen LogP contribution is 2.26. The maximum atomic E-state index is 10.0. The fraction of sp³-hybridized carbons (Fsp3) is 0.500. The summed E-state index contributed by atoms with van der Waals surface area (Å²) < 4.78 is 0. The lowest BCUT2D eigenvalue weighted by atomic mass is 10.0. The summed E-state index contributed by atoms with van der Waals surface area (Å²) in [6, 6.07) is 8.34. The number of nitrogens with zero attached hydrogens (tertiary/aromatic N) is 1. The largest absolute Gasteiger partial charge is 0.387 e. The predicted molar refractivity (Wildman–Crippen MR) is 62.0 cm³/mol. The first kappa shape index (κ1) is 10.5. The summed E-state index contributed by atoms with van der Waals surface area (Å²) >= 11 is 0. The van der Waals surface area contributed by atoms with E-state index in [9.17, 15) is 5.11 Å². The minimum absolute atomic E-state index is 0.343. The van der Waals surface area contributed by atoms with Crippen LogP contribution in [-0.4, -0.2) is 30.3 Å². The number of aryl methyl sites for hydroxylation is 1. The summed E-state index contributed by atoms with van der Waals surface area (Å²) in [6.07, 6.45) is 0.761. The number of benzene rings is 1. The Morgan fingerprint density at radius 2 is 2.33 bits per heavy atom. The zero-order valence-electron chi connectivity index (χ0n) is 9.11. The van der Waals surface area contributed by atoms with E-state index in [-0.39, 0.29) is 0 Å². The van der Waals surface area contributed by atoms with Crippen molar-refractivity contribution in [3.8, 4) is 0 Å². The van der Waals surface area contributed by atoms with Gasteiger partial charge in [0.1, 0.15) is 0 Å². The molecule has 82 valence electrons. The standard InChI is InChI=1S/C12H18N2O/c1-10-3-2-4-11(7-10)14-6-5-12(15,8-13)9-14/h2-4,7,15H,5-6,8-9,13H2,1H3. The van der Waals surface area contributed by atoms with Crippen LogP contribution in [0.15, 0.2) is 24.3 Å². The molecule has 0 aromatic heterocycles. The first-order valence-electron chi connectivity index (χ1n) is 5.37. The lowest BCUT2D eigenvalue weighted by Gasteiger charge is -2.23. The third-order valence-electron chi connectivity index (χ3n) is 3.08. The van der Waals surface area contributed by atoms with Crippen LogP contribution < -0.4 is 10.6 Å². The Hall–Kier alpha value is -1.06. The third kappa shape index (κ3) is 2.13. The van der Waals surface area contributed by atoms with Crippen molar-refractivity contribution in [1.29, 1.82) is 0 Å². The van der Waals surface area contributed by atoms with Crippen molar-refractivity contribution in [1.82, 2.24) is 0 Å². The molecule has 1 unspecified atom stereocenters. The van der Waals surface area contributed by atoms with Gasteiger partial charge in [-0.05, 0) is 31.0 Å². The molecule has 0 spiro atoms. The molecule has 2 rings (SSSR count). The second-order valence-electron chi connectivity index (χ2n) is 4.44. The highest BCUT2D eigenvalue weighted by atomic mass is 16.3. The summed E-state index contributed by atoms with van der Waals surface area (Å²) in [5, 5.41) is 10.0. The van der Waals surface area contributed by atoms with Crippen LogP contribution in [0.4, 0.5) is 5.69 Å². The fourth-order valence-corrected chi connectivity index (χ4v) is 2.07. The summed E-state index contributed by atoms with van der Waals surface area (Å²) in [7, 11) is 0. The van der Waals surface area contributed by atoms with E-state index < -0.39 is 5.60 Å². The van der Waals surface area contributed by atoms with Gasteiger partial charge in [0.2, 0.25) is 0 Å². The summed E-state index contributed by atoms with van der Waals surface area (Å²) in [5.74, 6) is 0. The van der Waals surface area contributed by atoms with Gasteiger partial charge in [-0.15, -0.1) is 0 Å². The van der Waals surface area contributed by atoms with Crippen LogP contribution in [0.25, 0.3) is 0 Å². The number of aliphatic hydroxyl groups is 1. The van der Waals surface area contributed by atoms with Crippen molar-refractivity contribution >= 4 is 5.69 Å². The van der Waals surface area contributed by atoms with Gasteiger partial charge in [-0.3, -0.25) is 0 Å². The molecule has 1 heterocycles. The normalized spacial score (nSPS) is 25.9. The van der Waals surface area contributed by atoms with Crippen molar-refractivity contribution in [3.63, 3.8) is 0 Å². The molecular weight excluding hydrogens is 188 g/mol. The van der Waals surface area contributed by atoms with E-state index in [1.165, 1.54) is 11.3 Å². The molecule has 3 nitrogen and oxygen atoms in total.